The molecular weight excluding hydrogens is 310 g/mol. The summed E-state index contributed by atoms with van der Waals surface area (Å²) in [5, 5.41) is 11.1. The number of nitrogens with zero attached hydrogens (tertiary/aromatic N) is 1. The molecule has 0 spiro atoms. The van der Waals surface area contributed by atoms with E-state index in [4.69, 9.17) is 9.47 Å². The van der Waals surface area contributed by atoms with E-state index >= 15 is 0 Å². The van der Waals surface area contributed by atoms with Gasteiger partial charge in [0.05, 0.1) is 30.2 Å². The maximum Gasteiger partial charge on any atom is 0.243 e. The Morgan fingerprint density at radius 1 is 1.32 bits per heavy atom. The van der Waals surface area contributed by atoms with Crippen LogP contribution in [0.5, 0.6) is 5.75 Å². The van der Waals surface area contributed by atoms with Crippen molar-refractivity contribution in [3.8, 4) is 5.75 Å². The van der Waals surface area contributed by atoms with E-state index in [2.05, 4.69) is 0 Å². The Morgan fingerprint density at radius 3 is 2.41 bits per heavy atom. The van der Waals surface area contributed by atoms with Crippen molar-refractivity contribution >= 4 is 16.0 Å². The molecular formula is C14H18NO6S-. The number of carboxylic acid groups (broad SMARTS) is 1. The second-order valence-corrected chi connectivity index (χ2v) is 7.17. The molecule has 0 saturated carbocycles. The average molecular weight is 328 g/mol. The van der Waals surface area contributed by atoms with E-state index in [1.807, 2.05) is 0 Å². The minimum Gasteiger partial charge on any atom is -0.545 e. The van der Waals surface area contributed by atoms with Crippen LogP contribution in [0.15, 0.2) is 23.1 Å². The molecule has 0 unspecified atom stereocenters. The molecule has 7 nitrogen and oxygen atoms in total. The highest BCUT2D eigenvalue weighted by Gasteiger charge is 2.32. The van der Waals surface area contributed by atoms with Gasteiger partial charge in [0.1, 0.15) is 5.75 Å². The Morgan fingerprint density at radius 2 is 1.91 bits per heavy atom. The molecule has 1 aromatic rings. The van der Waals surface area contributed by atoms with Gasteiger partial charge in [-0.15, -0.1) is 0 Å². The number of rotatable bonds is 4. The summed E-state index contributed by atoms with van der Waals surface area (Å²) in [6.07, 6.45) is -0.449. The Balaban J connectivity index is 2.41. The highest BCUT2D eigenvalue weighted by molar-refractivity contribution is 7.89. The zero-order valence-corrected chi connectivity index (χ0v) is 13.4. The number of sulfonamides is 1. The number of carbonyl (C=O) groups excluding carboxylic acids is 1. The van der Waals surface area contributed by atoms with Gasteiger partial charge in [0.25, 0.3) is 0 Å². The van der Waals surface area contributed by atoms with Crippen molar-refractivity contribution in [3.63, 3.8) is 0 Å². The normalized spacial score (nSPS) is 23.2. The molecule has 1 aromatic carbocycles. The van der Waals surface area contributed by atoms with Crippen LogP contribution in [-0.2, 0) is 14.8 Å². The van der Waals surface area contributed by atoms with Crippen LogP contribution in [0.1, 0.15) is 24.2 Å². The molecule has 22 heavy (non-hydrogen) atoms. The number of morpholine rings is 1. The molecule has 2 atom stereocenters. The van der Waals surface area contributed by atoms with Crippen molar-refractivity contribution < 1.29 is 27.8 Å². The largest absolute Gasteiger partial charge is 0.545 e. The first-order chi connectivity index (χ1) is 10.3. The van der Waals surface area contributed by atoms with Crippen molar-refractivity contribution in [2.45, 2.75) is 31.0 Å². The third-order valence-electron chi connectivity index (χ3n) is 3.41. The van der Waals surface area contributed by atoms with Crippen molar-refractivity contribution in [3.05, 3.63) is 23.8 Å². The van der Waals surface area contributed by atoms with E-state index in [9.17, 15) is 18.3 Å². The third kappa shape index (κ3) is 3.23. The van der Waals surface area contributed by atoms with Gasteiger partial charge in [0.2, 0.25) is 10.0 Å². The van der Waals surface area contributed by atoms with E-state index < -0.39 is 16.0 Å². The Kier molecular flexibility index (Phi) is 4.74. The van der Waals surface area contributed by atoms with E-state index in [0.29, 0.717) is 0 Å². The van der Waals surface area contributed by atoms with E-state index in [0.717, 1.165) is 6.07 Å². The predicted molar refractivity (Wildman–Crippen MR) is 76.1 cm³/mol. The van der Waals surface area contributed by atoms with Gasteiger partial charge in [-0.1, -0.05) is 0 Å². The topological polar surface area (TPSA) is 96.0 Å². The van der Waals surface area contributed by atoms with Gasteiger partial charge in [0.15, 0.2) is 0 Å². The standard InChI is InChI=1S/C14H19NO6S/c1-9-7-15(8-10(2)21-9)22(18,19)11-4-5-13(20-3)12(6-11)14(16)17/h4-6,9-10H,7-8H2,1-3H3,(H,16,17)/p-1/t9-,10-/m1/s1. The van der Waals surface area contributed by atoms with Gasteiger partial charge < -0.3 is 19.4 Å². The quantitative estimate of drug-likeness (QED) is 0.763. The summed E-state index contributed by atoms with van der Waals surface area (Å²) in [5.74, 6) is -1.43. The number of carboxylic acids is 1. The number of carbonyl (C=O) groups is 1. The SMILES string of the molecule is COc1ccc(S(=O)(=O)N2C[C@@H](C)O[C@H](C)C2)cc1C(=O)[O-]. The molecule has 0 aromatic heterocycles. The van der Waals surface area contributed by atoms with Gasteiger partial charge in [-0.3, -0.25) is 0 Å². The zero-order valence-electron chi connectivity index (χ0n) is 12.6. The van der Waals surface area contributed by atoms with E-state index in [1.165, 1.54) is 23.5 Å². The maximum atomic E-state index is 12.7. The Bertz CT molecular complexity index is 662. The van der Waals surface area contributed by atoms with Crippen LogP contribution < -0.4 is 9.84 Å². The van der Waals surface area contributed by atoms with E-state index in [1.54, 1.807) is 13.8 Å². The molecule has 0 aliphatic carbocycles. The summed E-state index contributed by atoms with van der Waals surface area (Å²) < 4.78 is 37.1. The molecule has 1 saturated heterocycles. The summed E-state index contributed by atoms with van der Waals surface area (Å²) in [6, 6.07) is 3.70. The lowest BCUT2D eigenvalue weighted by Gasteiger charge is -2.34. The first-order valence-electron chi connectivity index (χ1n) is 6.80. The zero-order chi connectivity index (χ0) is 16.5. The predicted octanol–water partition coefficient (Wildman–Crippen LogP) is -0.143. The monoisotopic (exact) mass is 328 g/mol. The smallest absolute Gasteiger partial charge is 0.243 e. The molecule has 2 rings (SSSR count). The minimum absolute atomic E-state index is 0.0580. The highest BCUT2D eigenvalue weighted by Crippen LogP contribution is 2.26. The van der Waals surface area contributed by atoms with Gasteiger partial charge in [-0.25, -0.2) is 8.42 Å². The number of benzene rings is 1. The third-order valence-corrected chi connectivity index (χ3v) is 5.24. The summed E-state index contributed by atoms with van der Waals surface area (Å²) in [7, 11) is -2.50. The van der Waals surface area contributed by atoms with Gasteiger partial charge in [-0.2, -0.15) is 4.31 Å². The lowest BCUT2D eigenvalue weighted by Crippen LogP contribution is -2.48. The van der Waals surface area contributed by atoms with Crippen molar-refractivity contribution in [2.75, 3.05) is 20.2 Å². The van der Waals surface area contributed by atoms with Crippen LogP contribution in [0.3, 0.4) is 0 Å². The second kappa shape index (κ2) is 6.23. The molecule has 8 heteroatoms. The van der Waals surface area contributed by atoms with Gasteiger partial charge >= 0.3 is 0 Å². The van der Waals surface area contributed by atoms with Crippen LogP contribution in [0, 0.1) is 0 Å². The first kappa shape index (κ1) is 16.7. The number of hydrogen-bond acceptors (Lipinski definition) is 6. The van der Waals surface area contributed by atoms with Crippen LogP contribution in [0.25, 0.3) is 0 Å². The van der Waals surface area contributed by atoms with Crippen molar-refractivity contribution in [1.82, 2.24) is 4.31 Å². The highest BCUT2D eigenvalue weighted by atomic mass is 32.2. The van der Waals surface area contributed by atoms with Crippen molar-refractivity contribution in [1.29, 1.82) is 0 Å². The molecule has 1 heterocycles. The van der Waals surface area contributed by atoms with E-state index in [-0.39, 0.29) is 41.5 Å². The second-order valence-electron chi connectivity index (χ2n) is 5.23. The molecule has 0 radical (unpaired) electrons. The van der Waals surface area contributed by atoms with Crippen LogP contribution in [0.2, 0.25) is 0 Å². The fraction of sp³-hybridized carbons (Fsp3) is 0.500. The number of hydrogen-bond donors (Lipinski definition) is 0. The number of ether oxygens (including phenoxy) is 2. The summed E-state index contributed by atoms with van der Waals surface area (Å²) >= 11 is 0. The summed E-state index contributed by atoms with van der Waals surface area (Å²) in [4.78, 5) is 11.0. The number of methoxy groups -OCH3 is 1. The van der Waals surface area contributed by atoms with Gasteiger partial charge in [0, 0.05) is 18.7 Å². The maximum absolute atomic E-state index is 12.7. The molecule has 122 valence electrons. The summed E-state index contributed by atoms with van der Waals surface area (Å²) in [6.45, 7) is 4.02. The fourth-order valence-electron chi connectivity index (χ4n) is 2.48. The van der Waals surface area contributed by atoms with Crippen LogP contribution >= 0.6 is 0 Å². The average Bonchev–Trinajstić information content (AvgIpc) is 2.45. The molecule has 1 aliphatic rings. The molecule has 0 bridgehead atoms. The molecule has 1 fully saturated rings. The molecule has 0 amide bonds. The van der Waals surface area contributed by atoms with Crippen molar-refractivity contribution in [2.24, 2.45) is 0 Å². The van der Waals surface area contributed by atoms with Crippen LogP contribution in [0.4, 0.5) is 0 Å². The lowest BCUT2D eigenvalue weighted by atomic mass is 10.2. The summed E-state index contributed by atoms with van der Waals surface area (Å²) in [5.41, 5.74) is -0.294. The Hall–Kier alpha value is -1.64. The lowest BCUT2D eigenvalue weighted by molar-refractivity contribution is -0.255. The fourth-order valence-corrected chi connectivity index (χ4v) is 4.10. The first-order valence-corrected chi connectivity index (χ1v) is 8.24. The molecule has 1 aliphatic heterocycles. The van der Waals surface area contributed by atoms with Gasteiger partial charge in [-0.05, 0) is 32.0 Å². The molecule has 0 N–H and O–H groups in total. The number of aromatic carboxylic acids is 1. The van der Waals surface area contributed by atoms with Crippen LogP contribution in [-0.4, -0.2) is 51.1 Å². The minimum atomic E-state index is -3.80. The Labute approximate surface area is 129 Å².